The number of rotatable bonds is 1. The topological polar surface area (TPSA) is 50.2 Å². The molecule has 3 nitrogen and oxygen atoms in total. The molecule has 2 rings (SSSR count). The van der Waals surface area contributed by atoms with Crippen molar-refractivity contribution in [1.29, 1.82) is 0 Å². The maximum absolute atomic E-state index is 10.5. The summed E-state index contributed by atoms with van der Waals surface area (Å²) >= 11 is 0. The largest absolute Gasteiger partial charge is 0.507 e. The quantitative estimate of drug-likeness (QED) is 0.668. The van der Waals surface area contributed by atoms with E-state index in [4.69, 9.17) is 0 Å². The van der Waals surface area contributed by atoms with Gasteiger partial charge < -0.3 is 5.11 Å². The van der Waals surface area contributed by atoms with Crippen LogP contribution in [0.1, 0.15) is 10.4 Å². The lowest BCUT2D eigenvalue weighted by Crippen LogP contribution is -1.82. The number of fused-ring (bicyclic) bond motifs is 1. The van der Waals surface area contributed by atoms with Crippen LogP contribution < -0.4 is 0 Å². The molecular weight excluding hydrogens is 166 g/mol. The number of carbonyl (C=O) groups is 1. The fourth-order valence-corrected chi connectivity index (χ4v) is 1.22. The Bertz CT molecular complexity index is 465. The molecule has 0 saturated heterocycles. The minimum Gasteiger partial charge on any atom is -0.507 e. The Morgan fingerprint density at radius 2 is 2.15 bits per heavy atom. The lowest BCUT2D eigenvalue weighted by molar-refractivity contribution is 0.112. The third kappa shape index (κ3) is 1.24. The smallest absolute Gasteiger partial charge is 0.150 e. The van der Waals surface area contributed by atoms with Gasteiger partial charge in [-0.25, -0.2) is 0 Å². The van der Waals surface area contributed by atoms with E-state index in [0.29, 0.717) is 16.5 Å². The molecule has 0 spiro atoms. The fraction of sp³-hybridized carbons (Fsp3) is 0. The van der Waals surface area contributed by atoms with E-state index >= 15 is 0 Å². The zero-order valence-corrected chi connectivity index (χ0v) is 6.77. The van der Waals surface area contributed by atoms with Gasteiger partial charge in [-0.15, -0.1) is 0 Å². The number of hydrogen-bond acceptors (Lipinski definition) is 3. The molecule has 0 radical (unpaired) electrons. The van der Waals surface area contributed by atoms with Gasteiger partial charge in [-0.2, -0.15) is 0 Å². The predicted molar refractivity (Wildman–Crippen MR) is 48.8 cm³/mol. The Morgan fingerprint density at radius 1 is 1.31 bits per heavy atom. The van der Waals surface area contributed by atoms with Gasteiger partial charge in [0.25, 0.3) is 0 Å². The van der Waals surface area contributed by atoms with E-state index in [1.807, 2.05) is 0 Å². The van der Waals surface area contributed by atoms with E-state index in [9.17, 15) is 9.90 Å². The third-order valence-electron chi connectivity index (χ3n) is 1.88. The summed E-state index contributed by atoms with van der Waals surface area (Å²) in [6.07, 6.45) is 2.27. The van der Waals surface area contributed by atoms with Crippen LogP contribution in [0.5, 0.6) is 5.75 Å². The summed E-state index contributed by atoms with van der Waals surface area (Å²) in [5.74, 6) is 0.147. The number of nitrogens with zero attached hydrogens (tertiary/aromatic N) is 1. The van der Waals surface area contributed by atoms with Crippen molar-refractivity contribution in [3.63, 3.8) is 0 Å². The van der Waals surface area contributed by atoms with Gasteiger partial charge in [0, 0.05) is 17.1 Å². The molecule has 1 aromatic carbocycles. The molecule has 0 amide bonds. The maximum Gasteiger partial charge on any atom is 0.150 e. The summed E-state index contributed by atoms with van der Waals surface area (Å²) in [4.78, 5) is 14.5. The second kappa shape index (κ2) is 2.86. The van der Waals surface area contributed by atoms with Crippen LogP contribution >= 0.6 is 0 Å². The highest BCUT2D eigenvalue weighted by Crippen LogP contribution is 2.22. The summed E-state index contributed by atoms with van der Waals surface area (Å²) < 4.78 is 0. The highest BCUT2D eigenvalue weighted by molar-refractivity contribution is 5.90. The summed E-state index contributed by atoms with van der Waals surface area (Å²) in [5, 5.41) is 10.0. The van der Waals surface area contributed by atoms with Crippen LogP contribution in [0, 0.1) is 0 Å². The molecule has 1 heterocycles. The molecule has 1 aromatic heterocycles. The van der Waals surface area contributed by atoms with E-state index in [1.165, 1.54) is 12.3 Å². The first-order valence-electron chi connectivity index (χ1n) is 3.84. The Balaban J connectivity index is 2.81. The second-order valence-corrected chi connectivity index (χ2v) is 2.72. The Labute approximate surface area is 74.7 Å². The molecule has 0 bridgehead atoms. The standard InChI is InChI=1S/C10H7NO2/c12-6-7-1-2-9-8(5-7)10(13)3-4-11-9/h1-6H,(H,11,13). The SMILES string of the molecule is O=Cc1ccc2nccc(O)c2c1. The zero-order chi connectivity index (χ0) is 9.26. The summed E-state index contributed by atoms with van der Waals surface area (Å²) in [6, 6.07) is 6.49. The van der Waals surface area contributed by atoms with E-state index < -0.39 is 0 Å². The van der Waals surface area contributed by atoms with Crippen LogP contribution in [0.15, 0.2) is 30.5 Å². The highest BCUT2D eigenvalue weighted by atomic mass is 16.3. The minimum atomic E-state index is 0.147. The van der Waals surface area contributed by atoms with E-state index in [-0.39, 0.29) is 5.75 Å². The first-order chi connectivity index (χ1) is 6.31. The lowest BCUT2D eigenvalue weighted by Gasteiger charge is -1.99. The number of aromatic hydroxyl groups is 1. The van der Waals surface area contributed by atoms with E-state index in [2.05, 4.69) is 4.98 Å². The van der Waals surface area contributed by atoms with Gasteiger partial charge in [0.15, 0.2) is 0 Å². The predicted octanol–water partition coefficient (Wildman–Crippen LogP) is 1.75. The average molecular weight is 173 g/mol. The molecule has 13 heavy (non-hydrogen) atoms. The van der Waals surface area contributed by atoms with Crippen LogP contribution in [-0.4, -0.2) is 16.4 Å². The maximum atomic E-state index is 10.5. The molecule has 0 unspecified atom stereocenters. The van der Waals surface area contributed by atoms with Crippen molar-refractivity contribution in [2.45, 2.75) is 0 Å². The molecule has 0 fully saturated rings. The van der Waals surface area contributed by atoms with Crippen LogP contribution in [0.2, 0.25) is 0 Å². The second-order valence-electron chi connectivity index (χ2n) is 2.72. The fourth-order valence-electron chi connectivity index (χ4n) is 1.22. The number of aromatic nitrogens is 1. The summed E-state index contributed by atoms with van der Waals surface area (Å²) in [5.41, 5.74) is 1.22. The summed E-state index contributed by atoms with van der Waals surface area (Å²) in [7, 11) is 0. The molecule has 0 aliphatic heterocycles. The average Bonchev–Trinajstić information content (AvgIpc) is 2.18. The zero-order valence-electron chi connectivity index (χ0n) is 6.77. The number of benzene rings is 1. The Hall–Kier alpha value is -1.90. The molecule has 2 aromatic rings. The van der Waals surface area contributed by atoms with Crippen molar-refractivity contribution < 1.29 is 9.90 Å². The number of hydrogen-bond donors (Lipinski definition) is 1. The van der Waals surface area contributed by atoms with Crippen LogP contribution in [-0.2, 0) is 0 Å². The molecule has 3 heteroatoms. The van der Waals surface area contributed by atoms with Crippen LogP contribution in [0.25, 0.3) is 10.9 Å². The van der Waals surface area contributed by atoms with Crippen molar-refractivity contribution in [3.05, 3.63) is 36.0 Å². The monoisotopic (exact) mass is 173 g/mol. The van der Waals surface area contributed by atoms with Gasteiger partial charge in [-0.1, -0.05) is 0 Å². The minimum absolute atomic E-state index is 0.147. The molecule has 0 atom stereocenters. The number of pyridine rings is 1. The van der Waals surface area contributed by atoms with Crippen molar-refractivity contribution >= 4 is 17.2 Å². The van der Waals surface area contributed by atoms with Gasteiger partial charge >= 0.3 is 0 Å². The van der Waals surface area contributed by atoms with Gasteiger partial charge in [0.1, 0.15) is 12.0 Å². The van der Waals surface area contributed by atoms with Gasteiger partial charge in [-0.05, 0) is 24.3 Å². The van der Waals surface area contributed by atoms with Crippen LogP contribution in [0.4, 0.5) is 0 Å². The Kier molecular flexibility index (Phi) is 1.70. The van der Waals surface area contributed by atoms with Crippen molar-refractivity contribution in [2.24, 2.45) is 0 Å². The van der Waals surface area contributed by atoms with Gasteiger partial charge in [-0.3, -0.25) is 9.78 Å². The van der Waals surface area contributed by atoms with Crippen LogP contribution in [0.3, 0.4) is 0 Å². The summed E-state index contributed by atoms with van der Waals surface area (Å²) in [6.45, 7) is 0. The molecule has 64 valence electrons. The molecule has 1 N–H and O–H groups in total. The van der Waals surface area contributed by atoms with Crippen molar-refractivity contribution in [2.75, 3.05) is 0 Å². The number of carbonyl (C=O) groups excluding carboxylic acids is 1. The van der Waals surface area contributed by atoms with Gasteiger partial charge in [0.05, 0.1) is 5.52 Å². The molecule has 0 aliphatic carbocycles. The first kappa shape index (κ1) is 7.73. The lowest BCUT2D eigenvalue weighted by atomic mass is 10.1. The Morgan fingerprint density at radius 3 is 2.92 bits per heavy atom. The first-order valence-corrected chi connectivity index (χ1v) is 3.84. The van der Waals surface area contributed by atoms with Crippen molar-refractivity contribution in [3.8, 4) is 5.75 Å². The molecular formula is C10H7NO2. The van der Waals surface area contributed by atoms with Crippen molar-refractivity contribution in [1.82, 2.24) is 4.98 Å². The number of aldehydes is 1. The van der Waals surface area contributed by atoms with E-state index in [1.54, 1.807) is 18.2 Å². The normalized spacial score (nSPS) is 10.2. The third-order valence-corrected chi connectivity index (χ3v) is 1.88. The van der Waals surface area contributed by atoms with Gasteiger partial charge in [0.2, 0.25) is 0 Å². The molecule has 0 aliphatic rings. The van der Waals surface area contributed by atoms with E-state index in [0.717, 1.165) is 6.29 Å². The molecule has 0 saturated carbocycles. The highest BCUT2D eigenvalue weighted by Gasteiger charge is 2.00.